The van der Waals surface area contributed by atoms with Crippen LogP contribution in [0, 0.1) is 5.92 Å². The molecule has 0 aliphatic carbocycles. The summed E-state index contributed by atoms with van der Waals surface area (Å²) in [5.41, 5.74) is 3.03. The predicted octanol–water partition coefficient (Wildman–Crippen LogP) is 1.85. The highest BCUT2D eigenvalue weighted by atomic mass is 15.3. The summed E-state index contributed by atoms with van der Waals surface area (Å²) in [4.78, 5) is 11.5. The summed E-state index contributed by atoms with van der Waals surface area (Å²) in [6.45, 7) is 5.30. The zero-order chi connectivity index (χ0) is 13.9. The molecule has 20 heavy (non-hydrogen) atoms. The van der Waals surface area contributed by atoms with Crippen molar-refractivity contribution in [3.8, 4) is 11.4 Å². The zero-order valence-corrected chi connectivity index (χ0v) is 12.2. The number of hydrogen-bond acceptors (Lipinski definition) is 4. The zero-order valence-electron chi connectivity index (χ0n) is 12.2. The van der Waals surface area contributed by atoms with Gasteiger partial charge in [0.05, 0.1) is 17.6 Å². The van der Waals surface area contributed by atoms with E-state index in [0.717, 1.165) is 36.0 Å². The van der Waals surface area contributed by atoms with Crippen molar-refractivity contribution in [3.05, 3.63) is 30.4 Å². The fourth-order valence-corrected chi connectivity index (χ4v) is 2.88. The van der Waals surface area contributed by atoms with Crippen LogP contribution in [0.2, 0.25) is 0 Å². The van der Waals surface area contributed by atoms with Crippen molar-refractivity contribution >= 4 is 0 Å². The molecule has 0 radical (unpaired) electrons. The van der Waals surface area contributed by atoms with E-state index in [0.29, 0.717) is 0 Å². The number of hydrogen-bond donors (Lipinski definition) is 0. The normalized spacial score (nSPS) is 19.6. The Morgan fingerprint density at radius 1 is 1.30 bits per heavy atom. The lowest BCUT2D eigenvalue weighted by molar-refractivity contribution is 0.393. The van der Waals surface area contributed by atoms with Gasteiger partial charge in [-0.15, -0.1) is 0 Å². The summed E-state index contributed by atoms with van der Waals surface area (Å²) in [5.74, 6) is 0.723. The molecule has 5 nitrogen and oxygen atoms in total. The average molecular weight is 271 g/mol. The quantitative estimate of drug-likeness (QED) is 0.851. The Balaban J connectivity index is 1.71. The number of rotatable bonds is 4. The third-order valence-electron chi connectivity index (χ3n) is 3.97. The number of aromatic nitrogens is 4. The summed E-state index contributed by atoms with van der Waals surface area (Å²) >= 11 is 0. The van der Waals surface area contributed by atoms with Crippen LogP contribution in [0.5, 0.6) is 0 Å². The highest BCUT2D eigenvalue weighted by Crippen LogP contribution is 2.20. The monoisotopic (exact) mass is 271 g/mol. The third kappa shape index (κ3) is 2.72. The molecule has 1 fully saturated rings. The third-order valence-corrected chi connectivity index (χ3v) is 3.97. The van der Waals surface area contributed by atoms with E-state index in [1.165, 1.54) is 19.5 Å². The van der Waals surface area contributed by atoms with Crippen LogP contribution in [0.4, 0.5) is 0 Å². The Morgan fingerprint density at radius 3 is 2.85 bits per heavy atom. The van der Waals surface area contributed by atoms with Crippen molar-refractivity contribution in [2.45, 2.75) is 26.3 Å². The summed E-state index contributed by atoms with van der Waals surface area (Å²) in [7, 11) is 2.18. The molecule has 0 spiro atoms. The van der Waals surface area contributed by atoms with Crippen molar-refractivity contribution < 1.29 is 0 Å². The minimum atomic E-state index is 0.723. The second-order valence-corrected chi connectivity index (χ2v) is 5.55. The minimum Gasteiger partial charge on any atom is -0.306 e. The minimum absolute atomic E-state index is 0.723. The summed E-state index contributed by atoms with van der Waals surface area (Å²) < 4.78 is 1.94. The SMILES string of the molecule is CCn1nccc1-c1cnc(C[C@H]2CCN(C)C2)cn1. The van der Waals surface area contributed by atoms with Gasteiger partial charge in [-0.2, -0.15) is 5.10 Å². The number of likely N-dealkylation sites (tertiary alicyclic amines) is 1. The second kappa shape index (κ2) is 5.71. The molecule has 106 valence electrons. The first-order valence-corrected chi connectivity index (χ1v) is 7.28. The molecular formula is C15H21N5. The van der Waals surface area contributed by atoms with Gasteiger partial charge in [-0.1, -0.05) is 0 Å². The Labute approximate surface area is 119 Å². The van der Waals surface area contributed by atoms with E-state index in [-0.39, 0.29) is 0 Å². The molecule has 1 saturated heterocycles. The van der Waals surface area contributed by atoms with Crippen molar-refractivity contribution in [1.82, 2.24) is 24.6 Å². The fraction of sp³-hybridized carbons (Fsp3) is 0.533. The molecule has 5 heteroatoms. The molecule has 1 atom stereocenters. The van der Waals surface area contributed by atoms with Crippen molar-refractivity contribution in [3.63, 3.8) is 0 Å². The van der Waals surface area contributed by atoms with Gasteiger partial charge in [0.2, 0.25) is 0 Å². The van der Waals surface area contributed by atoms with Crippen molar-refractivity contribution in [2.75, 3.05) is 20.1 Å². The lowest BCUT2D eigenvalue weighted by atomic mass is 10.0. The topological polar surface area (TPSA) is 46.8 Å². The van der Waals surface area contributed by atoms with Gasteiger partial charge in [-0.05, 0) is 45.3 Å². The van der Waals surface area contributed by atoms with E-state index < -0.39 is 0 Å². The lowest BCUT2D eigenvalue weighted by Crippen LogP contribution is -2.15. The molecule has 2 aromatic heterocycles. The van der Waals surface area contributed by atoms with E-state index in [1.807, 2.05) is 29.3 Å². The molecule has 0 amide bonds. The van der Waals surface area contributed by atoms with Crippen LogP contribution in [-0.4, -0.2) is 44.8 Å². The Bertz CT molecular complexity index is 560. The maximum atomic E-state index is 4.58. The van der Waals surface area contributed by atoms with Gasteiger partial charge in [0.25, 0.3) is 0 Å². The molecule has 0 bridgehead atoms. The van der Waals surface area contributed by atoms with Crippen LogP contribution in [0.15, 0.2) is 24.7 Å². The summed E-state index contributed by atoms with van der Waals surface area (Å²) in [6, 6.07) is 1.99. The summed E-state index contributed by atoms with van der Waals surface area (Å²) in [6.07, 6.45) is 7.90. The van der Waals surface area contributed by atoms with Crippen molar-refractivity contribution in [2.24, 2.45) is 5.92 Å². The van der Waals surface area contributed by atoms with Crippen LogP contribution in [-0.2, 0) is 13.0 Å². The first-order valence-electron chi connectivity index (χ1n) is 7.28. The van der Waals surface area contributed by atoms with E-state index in [9.17, 15) is 0 Å². The average Bonchev–Trinajstić information content (AvgIpc) is 3.08. The van der Waals surface area contributed by atoms with Crippen LogP contribution in [0.1, 0.15) is 19.0 Å². The molecule has 1 aliphatic heterocycles. The van der Waals surface area contributed by atoms with Gasteiger partial charge >= 0.3 is 0 Å². The molecule has 0 saturated carbocycles. The molecule has 3 rings (SSSR count). The Hall–Kier alpha value is -1.75. The first kappa shape index (κ1) is 13.2. The Morgan fingerprint density at radius 2 is 2.20 bits per heavy atom. The second-order valence-electron chi connectivity index (χ2n) is 5.55. The van der Waals surface area contributed by atoms with E-state index in [4.69, 9.17) is 0 Å². The molecule has 0 N–H and O–H groups in total. The maximum Gasteiger partial charge on any atom is 0.107 e. The largest absolute Gasteiger partial charge is 0.306 e. The Kier molecular flexibility index (Phi) is 3.78. The van der Waals surface area contributed by atoms with Crippen molar-refractivity contribution in [1.29, 1.82) is 0 Å². The molecule has 0 unspecified atom stereocenters. The van der Waals surface area contributed by atoms with E-state index in [1.54, 1.807) is 0 Å². The number of aryl methyl sites for hydroxylation is 1. The first-order chi connectivity index (χ1) is 9.76. The molecule has 1 aliphatic rings. The number of nitrogens with zero attached hydrogens (tertiary/aromatic N) is 5. The van der Waals surface area contributed by atoms with Gasteiger partial charge in [0.15, 0.2) is 0 Å². The van der Waals surface area contributed by atoms with Crippen LogP contribution in [0.3, 0.4) is 0 Å². The van der Waals surface area contributed by atoms with Gasteiger partial charge in [-0.25, -0.2) is 0 Å². The maximum absolute atomic E-state index is 4.58. The van der Waals surface area contributed by atoms with Crippen LogP contribution in [0.25, 0.3) is 11.4 Å². The standard InChI is InChI=1S/C15H21N5/c1-3-20-15(4-6-18-20)14-10-16-13(9-17-14)8-12-5-7-19(2)11-12/h4,6,9-10,12H,3,5,7-8,11H2,1-2H3/t12-/m1/s1. The molecule has 0 aromatic carbocycles. The van der Waals surface area contributed by atoms with Crippen LogP contribution >= 0.6 is 0 Å². The molecule has 2 aromatic rings. The van der Waals surface area contributed by atoms with Gasteiger partial charge in [0.1, 0.15) is 5.69 Å². The molecule has 3 heterocycles. The van der Waals surface area contributed by atoms with E-state index >= 15 is 0 Å². The van der Waals surface area contributed by atoms with Crippen LogP contribution < -0.4 is 0 Å². The van der Waals surface area contributed by atoms with Gasteiger partial charge in [-0.3, -0.25) is 14.6 Å². The molecular weight excluding hydrogens is 250 g/mol. The lowest BCUT2D eigenvalue weighted by Gasteiger charge is -2.10. The van der Waals surface area contributed by atoms with Gasteiger partial charge in [0, 0.05) is 25.5 Å². The summed E-state index contributed by atoms with van der Waals surface area (Å²) in [5, 5.41) is 4.27. The fourth-order valence-electron chi connectivity index (χ4n) is 2.88. The van der Waals surface area contributed by atoms with E-state index in [2.05, 4.69) is 33.9 Å². The highest BCUT2D eigenvalue weighted by molar-refractivity contribution is 5.52. The smallest absolute Gasteiger partial charge is 0.107 e. The highest BCUT2D eigenvalue weighted by Gasteiger charge is 2.20. The van der Waals surface area contributed by atoms with Gasteiger partial charge < -0.3 is 4.90 Å². The predicted molar refractivity (Wildman–Crippen MR) is 78.2 cm³/mol.